The van der Waals surface area contributed by atoms with Gasteiger partial charge in [0.1, 0.15) is 11.4 Å². The van der Waals surface area contributed by atoms with Crippen LogP contribution in [0.15, 0.2) is 27.4 Å². The highest BCUT2D eigenvalue weighted by Gasteiger charge is 2.15. The summed E-state index contributed by atoms with van der Waals surface area (Å²) in [5.74, 6) is -0.550. The van der Waals surface area contributed by atoms with E-state index < -0.39 is 11.5 Å². The predicted octanol–water partition coefficient (Wildman–Crippen LogP) is 1.25. The van der Waals surface area contributed by atoms with Gasteiger partial charge in [-0.15, -0.1) is 0 Å². The molecule has 1 amide bonds. The third-order valence-electron chi connectivity index (χ3n) is 2.66. The number of benzene rings is 1. The van der Waals surface area contributed by atoms with Crippen LogP contribution in [0.4, 0.5) is 5.69 Å². The lowest BCUT2D eigenvalue weighted by Crippen LogP contribution is -2.14. The van der Waals surface area contributed by atoms with Crippen molar-refractivity contribution >= 4 is 28.8 Å². The van der Waals surface area contributed by atoms with E-state index in [1.807, 2.05) is 0 Å². The van der Waals surface area contributed by atoms with Crippen molar-refractivity contribution in [3.8, 4) is 5.75 Å². The van der Waals surface area contributed by atoms with Gasteiger partial charge >= 0.3 is 5.63 Å². The maximum absolute atomic E-state index is 11.4. The van der Waals surface area contributed by atoms with Gasteiger partial charge in [0.2, 0.25) is 6.29 Å². The second-order valence-electron chi connectivity index (χ2n) is 3.88. The Bertz CT molecular complexity index is 717. The number of aldehydes is 1. The Balaban J connectivity index is 2.78. The molecule has 0 atom stereocenters. The SMILES string of the molecule is COc1ccc2c(C)cc(=O)oc2c1NC(=O)C=O. The molecular formula is C13H11NO5. The van der Waals surface area contributed by atoms with Gasteiger partial charge in [0.05, 0.1) is 7.11 Å². The molecule has 98 valence electrons. The highest BCUT2D eigenvalue weighted by Crippen LogP contribution is 2.33. The summed E-state index contributed by atoms with van der Waals surface area (Å²) in [6.45, 7) is 1.75. The van der Waals surface area contributed by atoms with Crippen molar-refractivity contribution < 1.29 is 18.7 Å². The maximum Gasteiger partial charge on any atom is 0.336 e. The van der Waals surface area contributed by atoms with E-state index in [9.17, 15) is 14.4 Å². The number of methoxy groups -OCH3 is 1. The van der Waals surface area contributed by atoms with Crippen molar-refractivity contribution in [1.29, 1.82) is 0 Å². The van der Waals surface area contributed by atoms with Gasteiger partial charge < -0.3 is 14.5 Å². The van der Waals surface area contributed by atoms with Crippen LogP contribution in [0.3, 0.4) is 0 Å². The Morgan fingerprint density at radius 2 is 2.16 bits per heavy atom. The van der Waals surface area contributed by atoms with E-state index in [2.05, 4.69) is 5.32 Å². The second kappa shape index (κ2) is 4.93. The molecule has 0 aliphatic heterocycles. The number of hydrogen-bond donors (Lipinski definition) is 1. The van der Waals surface area contributed by atoms with Crippen LogP contribution >= 0.6 is 0 Å². The van der Waals surface area contributed by atoms with E-state index in [1.54, 1.807) is 19.1 Å². The number of carbonyl (C=O) groups is 2. The molecule has 0 unspecified atom stereocenters. The third-order valence-corrected chi connectivity index (χ3v) is 2.66. The summed E-state index contributed by atoms with van der Waals surface area (Å²) in [4.78, 5) is 33.1. The Kier molecular flexibility index (Phi) is 3.33. The van der Waals surface area contributed by atoms with Gasteiger partial charge in [-0.05, 0) is 24.6 Å². The summed E-state index contributed by atoms with van der Waals surface area (Å²) in [5, 5.41) is 3.00. The van der Waals surface area contributed by atoms with E-state index in [-0.39, 0.29) is 17.6 Å². The van der Waals surface area contributed by atoms with Gasteiger partial charge in [-0.1, -0.05) is 0 Å². The fourth-order valence-electron chi connectivity index (χ4n) is 1.81. The number of amides is 1. The zero-order chi connectivity index (χ0) is 14.0. The molecule has 2 rings (SSSR count). The molecule has 0 spiro atoms. The number of aryl methyl sites for hydroxylation is 1. The van der Waals surface area contributed by atoms with E-state index in [1.165, 1.54) is 13.2 Å². The molecule has 0 radical (unpaired) electrons. The number of fused-ring (bicyclic) bond motifs is 1. The van der Waals surface area contributed by atoms with Crippen molar-refractivity contribution in [3.05, 3.63) is 34.2 Å². The number of ether oxygens (including phenoxy) is 1. The molecule has 1 aromatic carbocycles. The van der Waals surface area contributed by atoms with Crippen molar-refractivity contribution in [2.24, 2.45) is 0 Å². The summed E-state index contributed by atoms with van der Waals surface area (Å²) < 4.78 is 10.2. The van der Waals surface area contributed by atoms with Crippen LogP contribution < -0.4 is 15.7 Å². The molecule has 1 N–H and O–H groups in total. The van der Waals surface area contributed by atoms with E-state index in [0.717, 1.165) is 0 Å². The van der Waals surface area contributed by atoms with Crippen LogP contribution in [0.1, 0.15) is 5.56 Å². The van der Waals surface area contributed by atoms with Gasteiger partial charge in [-0.25, -0.2) is 4.79 Å². The first-order valence-electron chi connectivity index (χ1n) is 5.44. The minimum atomic E-state index is -0.852. The van der Waals surface area contributed by atoms with Crippen molar-refractivity contribution in [1.82, 2.24) is 0 Å². The first kappa shape index (κ1) is 12.8. The first-order chi connectivity index (χ1) is 9.06. The molecule has 0 aliphatic rings. The van der Waals surface area contributed by atoms with E-state index in [4.69, 9.17) is 9.15 Å². The quantitative estimate of drug-likeness (QED) is 0.510. The largest absolute Gasteiger partial charge is 0.494 e. The molecular weight excluding hydrogens is 250 g/mol. The lowest BCUT2D eigenvalue weighted by Gasteiger charge is -2.11. The monoisotopic (exact) mass is 261 g/mol. The number of carbonyl (C=O) groups excluding carboxylic acids is 2. The minimum absolute atomic E-state index is 0.131. The molecule has 19 heavy (non-hydrogen) atoms. The van der Waals surface area contributed by atoms with E-state index in [0.29, 0.717) is 16.7 Å². The normalized spacial score (nSPS) is 10.2. The van der Waals surface area contributed by atoms with Crippen LogP contribution in [0.2, 0.25) is 0 Å². The molecule has 0 fully saturated rings. The number of nitrogens with one attached hydrogen (secondary N) is 1. The van der Waals surface area contributed by atoms with E-state index >= 15 is 0 Å². The zero-order valence-corrected chi connectivity index (χ0v) is 10.4. The number of anilines is 1. The highest BCUT2D eigenvalue weighted by atomic mass is 16.5. The minimum Gasteiger partial charge on any atom is -0.494 e. The Labute approximate surface area is 108 Å². The van der Waals surface area contributed by atoms with Crippen LogP contribution in [-0.2, 0) is 9.59 Å². The molecule has 0 bridgehead atoms. The number of hydrogen-bond acceptors (Lipinski definition) is 5. The lowest BCUT2D eigenvalue weighted by molar-refractivity contribution is -0.127. The average molecular weight is 261 g/mol. The van der Waals surface area contributed by atoms with Gasteiger partial charge in [-0.2, -0.15) is 0 Å². The van der Waals surface area contributed by atoms with Gasteiger partial charge in [-0.3, -0.25) is 9.59 Å². The Morgan fingerprint density at radius 1 is 1.42 bits per heavy atom. The fourth-order valence-corrected chi connectivity index (χ4v) is 1.81. The highest BCUT2D eigenvalue weighted by molar-refractivity contribution is 6.30. The maximum atomic E-state index is 11.4. The molecule has 0 saturated carbocycles. The second-order valence-corrected chi connectivity index (χ2v) is 3.88. The number of rotatable bonds is 3. The molecule has 6 heteroatoms. The van der Waals surface area contributed by atoms with Crippen LogP contribution in [0, 0.1) is 6.92 Å². The van der Waals surface area contributed by atoms with Crippen LogP contribution in [0.5, 0.6) is 5.75 Å². The van der Waals surface area contributed by atoms with Crippen LogP contribution in [0.25, 0.3) is 11.0 Å². The molecule has 1 heterocycles. The molecule has 2 aromatic rings. The topological polar surface area (TPSA) is 85.6 Å². The zero-order valence-electron chi connectivity index (χ0n) is 10.4. The van der Waals surface area contributed by atoms with Gasteiger partial charge in [0.15, 0.2) is 5.58 Å². The molecule has 6 nitrogen and oxygen atoms in total. The fraction of sp³-hybridized carbons (Fsp3) is 0.154. The summed E-state index contributed by atoms with van der Waals surface area (Å²) in [6, 6.07) is 4.68. The summed E-state index contributed by atoms with van der Waals surface area (Å²) in [6.07, 6.45) is 0.131. The Hall–Kier alpha value is -2.63. The van der Waals surface area contributed by atoms with Crippen molar-refractivity contribution in [3.63, 3.8) is 0 Å². The van der Waals surface area contributed by atoms with Gasteiger partial charge in [0, 0.05) is 11.5 Å². The molecule has 0 aliphatic carbocycles. The summed E-state index contributed by atoms with van der Waals surface area (Å²) in [5.41, 5.74) is 0.507. The molecule has 1 aromatic heterocycles. The smallest absolute Gasteiger partial charge is 0.336 e. The Morgan fingerprint density at radius 3 is 2.79 bits per heavy atom. The predicted molar refractivity (Wildman–Crippen MR) is 68.5 cm³/mol. The van der Waals surface area contributed by atoms with Crippen LogP contribution in [-0.4, -0.2) is 19.3 Å². The summed E-state index contributed by atoms with van der Waals surface area (Å²) >= 11 is 0. The average Bonchev–Trinajstić information content (AvgIpc) is 2.39. The standard InChI is InChI=1S/C13H11NO5/c1-7-5-11(17)19-13-8(7)3-4-9(18-2)12(13)14-10(16)6-15/h3-6H,1-2H3,(H,14,16). The van der Waals surface area contributed by atoms with Crippen molar-refractivity contribution in [2.75, 3.05) is 12.4 Å². The lowest BCUT2D eigenvalue weighted by atomic mass is 10.1. The first-order valence-corrected chi connectivity index (χ1v) is 5.44. The third kappa shape index (κ3) is 2.33. The van der Waals surface area contributed by atoms with Gasteiger partial charge in [0.25, 0.3) is 5.91 Å². The summed E-state index contributed by atoms with van der Waals surface area (Å²) in [7, 11) is 1.41. The molecule has 0 saturated heterocycles. The van der Waals surface area contributed by atoms with Crippen molar-refractivity contribution in [2.45, 2.75) is 6.92 Å².